The van der Waals surface area contributed by atoms with E-state index in [2.05, 4.69) is 21.3 Å². The minimum atomic E-state index is -1.04. The van der Waals surface area contributed by atoms with Gasteiger partial charge in [-0.1, -0.05) is 93.8 Å². The number of rotatable bonds is 17. The van der Waals surface area contributed by atoms with E-state index in [9.17, 15) is 24.0 Å². The van der Waals surface area contributed by atoms with Crippen LogP contribution in [0, 0.1) is 5.92 Å². The maximum absolute atomic E-state index is 13.7. The molecule has 10 heteroatoms. The maximum atomic E-state index is 13.7. The average molecular weight is 620 g/mol. The van der Waals surface area contributed by atoms with Crippen LogP contribution >= 0.6 is 0 Å². The summed E-state index contributed by atoms with van der Waals surface area (Å²) in [5.41, 5.74) is 1.85. The van der Waals surface area contributed by atoms with Crippen molar-refractivity contribution in [1.29, 1.82) is 0 Å². The standard InChI is InChI=1S/C35H49N5O5/c1-25(2)21-30(34(44)38-26(3)33(43)35(45)39-29-17-11-6-12-18-29)40(24-28-15-9-5-10-16-28)32(42)23-36-20-19-31(41)37-22-27-13-7-4-8-14-27/h4-5,7-10,13-16,25-26,29-30,36H,6,11-12,17-24H2,1-3H3,(H,37,41)(H,38,44)(H,39,45). The first-order valence-corrected chi connectivity index (χ1v) is 16.1. The molecule has 2 unspecified atom stereocenters. The number of carbonyl (C=O) groups is 5. The van der Waals surface area contributed by atoms with Crippen LogP contribution in [-0.4, -0.2) is 65.5 Å². The summed E-state index contributed by atoms with van der Waals surface area (Å²) >= 11 is 0. The Morgan fingerprint density at radius 2 is 1.47 bits per heavy atom. The van der Waals surface area contributed by atoms with Crippen molar-refractivity contribution in [3.05, 3.63) is 71.8 Å². The Morgan fingerprint density at radius 3 is 2.09 bits per heavy atom. The summed E-state index contributed by atoms with van der Waals surface area (Å²) in [5.74, 6) is -2.26. The molecule has 0 aliphatic heterocycles. The van der Waals surface area contributed by atoms with E-state index < -0.39 is 29.7 Å². The van der Waals surface area contributed by atoms with Crippen LogP contribution in [0.25, 0.3) is 0 Å². The molecular weight excluding hydrogens is 570 g/mol. The Balaban J connectivity index is 1.62. The van der Waals surface area contributed by atoms with Gasteiger partial charge < -0.3 is 26.2 Å². The van der Waals surface area contributed by atoms with E-state index in [1.54, 1.807) is 0 Å². The van der Waals surface area contributed by atoms with Crippen LogP contribution in [0.1, 0.15) is 76.8 Å². The van der Waals surface area contributed by atoms with Crippen molar-refractivity contribution in [2.75, 3.05) is 13.1 Å². The van der Waals surface area contributed by atoms with Crippen molar-refractivity contribution in [3.8, 4) is 0 Å². The smallest absolute Gasteiger partial charge is 0.289 e. The topological polar surface area (TPSA) is 137 Å². The van der Waals surface area contributed by atoms with Crippen molar-refractivity contribution >= 4 is 29.4 Å². The fourth-order valence-electron chi connectivity index (χ4n) is 5.43. The van der Waals surface area contributed by atoms with Crippen LogP contribution in [0.5, 0.6) is 0 Å². The molecule has 2 atom stereocenters. The third kappa shape index (κ3) is 12.5. The maximum Gasteiger partial charge on any atom is 0.289 e. The van der Waals surface area contributed by atoms with Crippen LogP contribution in [0.4, 0.5) is 0 Å². The molecule has 45 heavy (non-hydrogen) atoms. The second-order valence-corrected chi connectivity index (χ2v) is 12.2. The molecule has 2 aromatic rings. The lowest BCUT2D eigenvalue weighted by molar-refractivity contribution is -0.143. The first-order chi connectivity index (χ1) is 21.6. The van der Waals surface area contributed by atoms with Crippen LogP contribution in [-0.2, 0) is 37.1 Å². The molecule has 0 heterocycles. The lowest BCUT2D eigenvalue weighted by atomic mass is 9.95. The summed E-state index contributed by atoms with van der Waals surface area (Å²) in [5, 5.41) is 11.5. The van der Waals surface area contributed by atoms with Gasteiger partial charge in [0.2, 0.25) is 23.5 Å². The Morgan fingerprint density at radius 1 is 0.844 bits per heavy atom. The average Bonchev–Trinajstić information content (AvgIpc) is 3.04. The molecule has 4 amide bonds. The van der Waals surface area contributed by atoms with Crippen LogP contribution in [0.15, 0.2) is 60.7 Å². The lowest BCUT2D eigenvalue weighted by Crippen LogP contribution is -2.56. The molecule has 244 valence electrons. The highest BCUT2D eigenvalue weighted by Crippen LogP contribution is 2.18. The predicted molar refractivity (Wildman–Crippen MR) is 174 cm³/mol. The molecule has 10 nitrogen and oxygen atoms in total. The Bertz CT molecular complexity index is 1250. The summed E-state index contributed by atoms with van der Waals surface area (Å²) in [6, 6.07) is 17.1. The van der Waals surface area contributed by atoms with E-state index in [1.807, 2.05) is 74.5 Å². The van der Waals surface area contributed by atoms with Crippen LogP contribution in [0.2, 0.25) is 0 Å². The number of Topliss-reactive ketones (excluding diaryl/α,β-unsaturated/α-hetero) is 1. The summed E-state index contributed by atoms with van der Waals surface area (Å²) < 4.78 is 0. The van der Waals surface area contributed by atoms with Gasteiger partial charge >= 0.3 is 0 Å². The molecule has 3 rings (SSSR count). The number of carbonyl (C=O) groups excluding carboxylic acids is 5. The molecule has 0 aromatic heterocycles. The summed E-state index contributed by atoms with van der Waals surface area (Å²) in [7, 11) is 0. The zero-order valence-electron chi connectivity index (χ0n) is 26.8. The lowest BCUT2D eigenvalue weighted by Gasteiger charge is -2.33. The van der Waals surface area contributed by atoms with E-state index in [-0.39, 0.29) is 49.8 Å². The molecule has 4 N–H and O–H groups in total. The summed E-state index contributed by atoms with van der Waals surface area (Å²) in [4.78, 5) is 66.7. The second-order valence-electron chi connectivity index (χ2n) is 12.2. The van der Waals surface area contributed by atoms with Gasteiger partial charge in [-0.2, -0.15) is 0 Å². The second kappa shape index (κ2) is 18.7. The van der Waals surface area contributed by atoms with Gasteiger partial charge in [0.1, 0.15) is 6.04 Å². The van der Waals surface area contributed by atoms with Gasteiger partial charge in [0, 0.05) is 32.1 Å². The number of nitrogens with one attached hydrogen (secondary N) is 4. The fourth-order valence-corrected chi connectivity index (χ4v) is 5.43. The molecule has 1 fully saturated rings. The van der Waals surface area contributed by atoms with Crippen molar-refractivity contribution in [2.45, 2.75) is 96.9 Å². The van der Waals surface area contributed by atoms with Crippen LogP contribution in [0.3, 0.4) is 0 Å². The fraction of sp³-hybridized carbons (Fsp3) is 0.514. The molecule has 0 spiro atoms. The van der Waals surface area contributed by atoms with Crippen molar-refractivity contribution < 1.29 is 24.0 Å². The normalized spacial score (nSPS) is 14.7. The van der Waals surface area contributed by atoms with E-state index in [0.717, 1.165) is 43.2 Å². The number of nitrogens with zero attached hydrogens (tertiary/aromatic N) is 1. The van der Waals surface area contributed by atoms with Gasteiger partial charge in [-0.25, -0.2) is 0 Å². The highest BCUT2D eigenvalue weighted by atomic mass is 16.2. The van der Waals surface area contributed by atoms with E-state index in [0.29, 0.717) is 13.0 Å². The van der Waals surface area contributed by atoms with Gasteiger partial charge in [0.15, 0.2) is 0 Å². The van der Waals surface area contributed by atoms with Gasteiger partial charge in [-0.05, 0) is 43.2 Å². The molecule has 0 bridgehead atoms. The van der Waals surface area contributed by atoms with E-state index >= 15 is 0 Å². The SMILES string of the molecule is CC(C)CC(C(=O)NC(C)C(=O)C(=O)NC1CCCCC1)N(Cc1ccccc1)C(=O)CNCCC(=O)NCc1ccccc1. The number of hydrogen-bond acceptors (Lipinski definition) is 6. The molecule has 1 aliphatic rings. The molecule has 2 aromatic carbocycles. The molecule has 0 saturated heterocycles. The molecule has 1 aliphatic carbocycles. The highest BCUT2D eigenvalue weighted by molar-refractivity contribution is 6.38. The number of ketones is 1. The van der Waals surface area contributed by atoms with Crippen LogP contribution < -0.4 is 21.3 Å². The molecular formula is C35H49N5O5. The van der Waals surface area contributed by atoms with E-state index in [1.165, 1.54) is 11.8 Å². The summed E-state index contributed by atoms with van der Waals surface area (Å²) in [6.45, 7) is 6.26. The number of hydrogen-bond donors (Lipinski definition) is 4. The predicted octanol–water partition coefficient (Wildman–Crippen LogP) is 3.25. The first kappa shape index (κ1) is 35.4. The van der Waals surface area contributed by atoms with Gasteiger partial charge in [0.25, 0.3) is 5.91 Å². The van der Waals surface area contributed by atoms with E-state index in [4.69, 9.17) is 0 Å². The van der Waals surface area contributed by atoms with Crippen molar-refractivity contribution in [1.82, 2.24) is 26.2 Å². The Kier molecular flexibility index (Phi) is 14.7. The quantitative estimate of drug-likeness (QED) is 0.159. The number of amides is 4. The zero-order valence-corrected chi connectivity index (χ0v) is 26.8. The minimum absolute atomic E-state index is 0.0202. The van der Waals surface area contributed by atoms with Crippen molar-refractivity contribution in [3.63, 3.8) is 0 Å². The first-order valence-electron chi connectivity index (χ1n) is 16.1. The molecule has 0 radical (unpaired) electrons. The highest BCUT2D eigenvalue weighted by Gasteiger charge is 2.33. The van der Waals surface area contributed by atoms with Gasteiger partial charge in [0.05, 0.1) is 12.6 Å². The van der Waals surface area contributed by atoms with Gasteiger partial charge in [-0.15, -0.1) is 0 Å². The third-order valence-electron chi connectivity index (χ3n) is 7.94. The minimum Gasteiger partial charge on any atom is -0.352 e. The Labute approximate surface area is 267 Å². The zero-order chi connectivity index (χ0) is 32.6. The Hall–Kier alpha value is -4.05. The summed E-state index contributed by atoms with van der Waals surface area (Å²) in [6.07, 6.45) is 5.41. The van der Waals surface area contributed by atoms with Gasteiger partial charge in [-0.3, -0.25) is 24.0 Å². The molecule has 1 saturated carbocycles. The third-order valence-corrected chi connectivity index (χ3v) is 7.94. The number of benzene rings is 2. The van der Waals surface area contributed by atoms with Crippen molar-refractivity contribution in [2.24, 2.45) is 5.92 Å². The monoisotopic (exact) mass is 619 g/mol. The largest absolute Gasteiger partial charge is 0.352 e.